The van der Waals surface area contributed by atoms with Crippen LogP contribution in [0.25, 0.3) is 22.3 Å². The summed E-state index contributed by atoms with van der Waals surface area (Å²) in [7, 11) is 0. The summed E-state index contributed by atoms with van der Waals surface area (Å²) in [4.78, 5) is 23.0. The van der Waals surface area contributed by atoms with Crippen molar-refractivity contribution >= 4 is 51.9 Å². The van der Waals surface area contributed by atoms with Gasteiger partial charge in [0.25, 0.3) is 0 Å². The maximum Gasteiger partial charge on any atom is 0.410 e. The first-order valence-electron chi connectivity index (χ1n) is 10.6. The number of carbonyl (C=O) groups is 1. The van der Waals surface area contributed by atoms with Gasteiger partial charge in [0, 0.05) is 41.8 Å². The topological polar surface area (TPSA) is 60.2 Å². The predicted molar refractivity (Wildman–Crippen MR) is 129 cm³/mol. The van der Waals surface area contributed by atoms with Gasteiger partial charge < -0.3 is 14.2 Å². The number of ether oxygens (including phenoxy) is 1. The van der Waals surface area contributed by atoms with Crippen molar-refractivity contribution in [2.75, 3.05) is 13.1 Å². The van der Waals surface area contributed by atoms with Gasteiger partial charge in [-0.2, -0.15) is 4.98 Å². The van der Waals surface area contributed by atoms with E-state index in [2.05, 4.69) is 14.5 Å². The number of carbonyl (C=O) groups excluding carboxylic acids is 1. The molecule has 9 heteroatoms. The third kappa shape index (κ3) is 5.13. The van der Waals surface area contributed by atoms with Gasteiger partial charge in [0.15, 0.2) is 0 Å². The van der Waals surface area contributed by atoms with Crippen LogP contribution in [-0.2, 0) is 11.3 Å². The van der Waals surface area contributed by atoms with Crippen molar-refractivity contribution in [1.29, 1.82) is 0 Å². The minimum absolute atomic E-state index is 0.185. The van der Waals surface area contributed by atoms with Crippen LogP contribution in [0.4, 0.5) is 4.79 Å². The number of rotatable bonds is 3. The van der Waals surface area contributed by atoms with Gasteiger partial charge in [-0.15, -0.1) is 0 Å². The Balaban J connectivity index is 1.67. The normalized spacial score (nSPS) is 17.1. The van der Waals surface area contributed by atoms with E-state index >= 15 is 0 Å². The van der Waals surface area contributed by atoms with Crippen LogP contribution in [0.15, 0.2) is 30.5 Å². The number of fused-ring (bicyclic) bond motifs is 1. The van der Waals surface area contributed by atoms with Crippen molar-refractivity contribution in [3.8, 4) is 11.3 Å². The average Bonchev–Trinajstić information content (AvgIpc) is 3.04. The van der Waals surface area contributed by atoms with E-state index in [1.54, 1.807) is 17.2 Å². The van der Waals surface area contributed by atoms with Crippen LogP contribution in [-0.4, -0.2) is 44.2 Å². The fourth-order valence-electron chi connectivity index (χ4n) is 4.09. The smallest absolute Gasteiger partial charge is 0.410 e. The highest BCUT2D eigenvalue weighted by molar-refractivity contribution is 6.36. The molecule has 0 bridgehead atoms. The van der Waals surface area contributed by atoms with E-state index in [9.17, 15) is 4.79 Å². The summed E-state index contributed by atoms with van der Waals surface area (Å²) >= 11 is 18.8. The summed E-state index contributed by atoms with van der Waals surface area (Å²) in [6.45, 7) is 7.60. The molecule has 1 aromatic carbocycles. The number of halogens is 3. The van der Waals surface area contributed by atoms with Gasteiger partial charge in [-0.3, -0.25) is 0 Å². The lowest BCUT2D eigenvalue weighted by Gasteiger charge is -2.34. The highest BCUT2D eigenvalue weighted by atomic mass is 35.5. The molecule has 0 spiro atoms. The Labute approximate surface area is 202 Å². The first kappa shape index (κ1) is 23.1. The highest BCUT2D eigenvalue weighted by Crippen LogP contribution is 2.35. The molecule has 1 unspecified atom stereocenters. The number of piperidine rings is 1. The minimum Gasteiger partial charge on any atom is -0.444 e. The molecule has 3 aromatic rings. The van der Waals surface area contributed by atoms with E-state index in [4.69, 9.17) is 39.5 Å². The van der Waals surface area contributed by atoms with E-state index in [1.807, 2.05) is 39.0 Å². The zero-order chi connectivity index (χ0) is 23.0. The summed E-state index contributed by atoms with van der Waals surface area (Å²) in [5.41, 5.74) is 1.98. The van der Waals surface area contributed by atoms with Crippen molar-refractivity contribution in [2.45, 2.75) is 45.8 Å². The van der Waals surface area contributed by atoms with Gasteiger partial charge in [0.05, 0.1) is 10.7 Å². The first-order valence-corrected chi connectivity index (χ1v) is 11.7. The lowest BCUT2D eigenvalue weighted by Crippen LogP contribution is -2.43. The first-order chi connectivity index (χ1) is 15.1. The molecule has 2 aromatic heterocycles. The number of benzene rings is 1. The fraction of sp³-hybridized carbons (Fsp3) is 0.435. The third-order valence-corrected chi connectivity index (χ3v) is 6.15. The average molecular weight is 496 g/mol. The van der Waals surface area contributed by atoms with Crippen LogP contribution in [0, 0.1) is 5.92 Å². The van der Waals surface area contributed by atoms with E-state index in [-0.39, 0.29) is 17.3 Å². The standard InChI is InChI=1S/C23H25Cl3N4O2/c1-23(2,3)32-22(31)29-8-4-5-14(12-29)13-30-19(17-7-6-16(24)10-18(17)25)9-15-11-27-21(26)28-20(15)30/h6-7,9-11,14H,4-5,8,12-13H2,1-3H3. The lowest BCUT2D eigenvalue weighted by atomic mass is 9.98. The largest absolute Gasteiger partial charge is 0.444 e. The molecule has 1 amide bonds. The lowest BCUT2D eigenvalue weighted by molar-refractivity contribution is 0.0158. The molecule has 6 nitrogen and oxygen atoms in total. The number of likely N-dealkylation sites (tertiary alicyclic amines) is 1. The van der Waals surface area contributed by atoms with Crippen molar-refractivity contribution in [3.05, 3.63) is 45.8 Å². The molecule has 0 aliphatic carbocycles. The van der Waals surface area contributed by atoms with Gasteiger partial charge in [0.2, 0.25) is 5.28 Å². The number of hydrogen-bond donors (Lipinski definition) is 0. The number of nitrogens with zero attached hydrogens (tertiary/aromatic N) is 4. The number of amides is 1. The summed E-state index contributed by atoms with van der Waals surface area (Å²) in [6.07, 6.45) is 3.34. The Morgan fingerprint density at radius 1 is 1.22 bits per heavy atom. The second-order valence-electron chi connectivity index (χ2n) is 9.12. The molecule has 1 atom stereocenters. The van der Waals surface area contributed by atoms with Gasteiger partial charge in [-0.05, 0) is 75.4 Å². The predicted octanol–water partition coefficient (Wildman–Crippen LogP) is 6.71. The zero-order valence-electron chi connectivity index (χ0n) is 18.2. The van der Waals surface area contributed by atoms with E-state index in [1.165, 1.54) is 0 Å². The summed E-state index contributed by atoms with van der Waals surface area (Å²) in [5, 5.41) is 2.18. The maximum absolute atomic E-state index is 12.6. The van der Waals surface area contributed by atoms with Gasteiger partial charge in [-0.25, -0.2) is 9.78 Å². The van der Waals surface area contributed by atoms with Crippen molar-refractivity contribution in [1.82, 2.24) is 19.4 Å². The summed E-state index contributed by atoms with van der Waals surface area (Å²) in [6, 6.07) is 7.45. The fourth-order valence-corrected chi connectivity index (χ4v) is 4.72. The summed E-state index contributed by atoms with van der Waals surface area (Å²) < 4.78 is 7.69. The molecule has 0 N–H and O–H groups in total. The van der Waals surface area contributed by atoms with Crippen molar-refractivity contribution < 1.29 is 9.53 Å². The highest BCUT2D eigenvalue weighted by Gasteiger charge is 2.29. The molecule has 0 saturated carbocycles. The summed E-state index contributed by atoms with van der Waals surface area (Å²) in [5.74, 6) is 0.227. The Bertz CT molecular complexity index is 1160. The quantitative estimate of drug-likeness (QED) is 0.379. The number of aromatic nitrogens is 3. The minimum atomic E-state index is -0.521. The molecule has 3 heterocycles. The van der Waals surface area contributed by atoms with Gasteiger partial charge in [-0.1, -0.05) is 23.2 Å². The Morgan fingerprint density at radius 2 is 2.00 bits per heavy atom. The van der Waals surface area contributed by atoms with Crippen LogP contribution in [0.5, 0.6) is 0 Å². The zero-order valence-corrected chi connectivity index (χ0v) is 20.5. The third-order valence-electron chi connectivity index (χ3n) is 5.42. The van der Waals surface area contributed by atoms with Gasteiger partial charge in [0.1, 0.15) is 11.2 Å². The van der Waals surface area contributed by atoms with E-state index in [0.29, 0.717) is 29.7 Å². The second-order valence-corrected chi connectivity index (χ2v) is 10.3. The number of hydrogen-bond acceptors (Lipinski definition) is 4. The van der Waals surface area contributed by atoms with Crippen LogP contribution in [0.1, 0.15) is 33.6 Å². The molecule has 4 rings (SSSR count). The molecule has 1 saturated heterocycles. The molecule has 32 heavy (non-hydrogen) atoms. The monoisotopic (exact) mass is 494 g/mol. The molecule has 170 valence electrons. The molecule has 1 aliphatic heterocycles. The van der Waals surface area contributed by atoms with Crippen LogP contribution >= 0.6 is 34.8 Å². The maximum atomic E-state index is 12.6. The Morgan fingerprint density at radius 3 is 2.72 bits per heavy atom. The molecular weight excluding hydrogens is 471 g/mol. The van der Waals surface area contributed by atoms with Crippen LogP contribution in [0.3, 0.4) is 0 Å². The molecule has 1 aliphatic rings. The van der Waals surface area contributed by atoms with Crippen LogP contribution in [0.2, 0.25) is 15.3 Å². The second kappa shape index (κ2) is 9.08. The Kier molecular flexibility index (Phi) is 6.57. The molecular formula is C23H25Cl3N4O2. The molecule has 1 fully saturated rings. The molecule has 0 radical (unpaired) electrons. The Hall–Kier alpha value is -2.02. The van der Waals surface area contributed by atoms with E-state index in [0.717, 1.165) is 35.1 Å². The van der Waals surface area contributed by atoms with Gasteiger partial charge >= 0.3 is 6.09 Å². The van der Waals surface area contributed by atoms with E-state index < -0.39 is 5.60 Å². The van der Waals surface area contributed by atoms with Crippen molar-refractivity contribution in [2.24, 2.45) is 5.92 Å². The SMILES string of the molecule is CC(C)(C)OC(=O)N1CCCC(Cn2c(-c3ccc(Cl)cc3Cl)cc3cnc(Cl)nc32)C1. The van der Waals surface area contributed by atoms with Crippen LogP contribution < -0.4 is 0 Å². The van der Waals surface area contributed by atoms with Crippen molar-refractivity contribution in [3.63, 3.8) is 0 Å².